The van der Waals surface area contributed by atoms with Crippen molar-refractivity contribution in [3.63, 3.8) is 0 Å². The molecule has 0 aliphatic heterocycles. The maximum atomic E-state index is 5.68. The second-order valence-electron chi connectivity index (χ2n) is 4.71. The minimum atomic E-state index is 0.634. The Labute approximate surface area is 98.4 Å². The van der Waals surface area contributed by atoms with E-state index in [1.807, 2.05) is 0 Å². The van der Waals surface area contributed by atoms with Crippen LogP contribution in [0.25, 0.3) is 0 Å². The fraction of sp³-hybridized carbons (Fsp3) is 0.571. The number of hydrogen-bond donors (Lipinski definition) is 1. The molecule has 0 unspecified atom stereocenters. The average molecular weight is 218 g/mol. The number of anilines is 1. The van der Waals surface area contributed by atoms with E-state index in [2.05, 4.69) is 36.1 Å². The van der Waals surface area contributed by atoms with Crippen LogP contribution in [0.3, 0.4) is 0 Å². The first-order chi connectivity index (χ1) is 7.83. The van der Waals surface area contributed by atoms with E-state index >= 15 is 0 Å². The Balaban J connectivity index is 2.05. The highest BCUT2D eigenvalue weighted by Crippen LogP contribution is 2.29. The molecule has 1 saturated carbocycles. The van der Waals surface area contributed by atoms with Gasteiger partial charge in [0.25, 0.3) is 0 Å². The molecule has 0 spiro atoms. The van der Waals surface area contributed by atoms with Crippen LogP contribution in [-0.2, 0) is 6.54 Å². The third-order valence-corrected chi connectivity index (χ3v) is 3.60. The Hall–Kier alpha value is -1.02. The Morgan fingerprint density at radius 3 is 2.75 bits per heavy atom. The minimum absolute atomic E-state index is 0.634. The van der Waals surface area contributed by atoms with Gasteiger partial charge in [-0.15, -0.1) is 0 Å². The van der Waals surface area contributed by atoms with Crippen molar-refractivity contribution in [2.75, 3.05) is 18.0 Å². The lowest BCUT2D eigenvalue weighted by atomic mass is 9.85. The SMILES string of the molecule is CCN(CC1CCC1)c1cccc(CN)c1. The van der Waals surface area contributed by atoms with Crippen molar-refractivity contribution in [1.29, 1.82) is 0 Å². The van der Waals surface area contributed by atoms with Crippen LogP contribution in [-0.4, -0.2) is 13.1 Å². The first-order valence-corrected chi connectivity index (χ1v) is 6.37. The van der Waals surface area contributed by atoms with Crippen LogP contribution >= 0.6 is 0 Å². The van der Waals surface area contributed by atoms with Crippen molar-refractivity contribution in [1.82, 2.24) is 0 Å². The van der Waals surface area contributed by atoms with Gasteiger partial charge in [-0.05, 0) is 43.4 Å². The topological polar surface area (TPSA) is 29.3 Å². The Bertz CT molecular complexity index is 331. The molecule has 0 saturated heterocycles. The van der Waals surface area contributed by atoms with Crippen LogP contribution in [0.5, 0.6) is 0 Å². The third kappa shape index (κ3) is 2.56. The van der Waals surface area contributed by atoms with Crippen molar-refractivity contribution in [2.24, 2.45) is 11.7 Å². The van der Waals surface area contributed by atoms with Crippen molar-refractivity contribution in [3.8, 4) is 0 Å². The second-order valence-corrected chi connectivity index (χ2v) is 4.71. The van der Waals surface area contributed by atoms with E-state index in [1.165, 1.54) is 37.1 Å². The van der Waals surface area contributed by atoms with E-state index in [0.717, 1.165) is 12.5 Å². The number of rotatable bonds is 5. The Morgan fingerprint density at radius 2 is 2.19 bits per heavy atom. The molecule has 0 heterocycles. The molecule has 2 N–H and O–H groups in total. The summed E-state index contributed by atoms with van der Waals surface area (Å²) in [4.78, 5) is 2.48. The molecule has 1 fully saturated rings. The molecule has 0 radical (unpaired) electrons. The van der Waals surface area contributed by atoms with Crippen LogP contribution < -0.4 is 10.6 Å². The Kier molecular flexibility index (Phi) is 3.83. The number of hydrogen-bond acceptors (Lipinski definition) is 2. The average Bonchev–Trinajstić information content (AvgIpc) is 2.28. The molecule has 0 bridgehead atoms. The van der Waals surface area contributed by atoms with E-state index in [9.17, 15) is 0 Å². The fourth-order valence-electron chi connectivity index (χ4n) is 2.28. The highest BCUT2D eigenvalue weighted by Gasteiger charge is 2.20. The molecule has 2 nitrogen and oxygen atoms in total. The Morgan fingerprint density at radius 1 is 1.38 bits per heavy atom. The van der Waals surface area contributed by atoms with Crippen LogP contribution in [0.1, 0.15) is 31.7 Å². The molecule has 0 atom stereocenters. The molecule has 1 aromatic carbocycles. The van der Waals surface area contributed by atoms with Crippen molar-refractivity contribution in [3.05, 3.63) is 29.8 Å². The lowest BCUT2D eigenvalue weighted by Crippen LogP contribution is -2.32. The second kappa shape index (κ2) is 5.35. The molecule has 2 heteroatoms. The van der Waals surface area contributed by atoms with Crippen LogP contribution in [0.15, 0.2) is 24.3 Å². The zero-order chi connectivity index (χ0) is 11.4. The molecule has 88 valence electrons. The third-order valence-electron chi connectivity index (χ3n) is 3.60. The summed E-state index contributed by atoms with van der Waals surface area (Å²) in [6.07, 6.45) is 4.24. The molecule has 0 aromatic heterocycles. The molecule has 1 aromatic rings. The molecule has 0 amide bonds. The first kappa shape index (κ1) is 11.5. The van der Waals surface area contributed by atoms with Gasteiger partial charge < -0.3 is 10.6 Å². The number of nitrogens with zero attached hydrogens (tertiary/aromatic N) is 1. The summed E-state index contributed by atoms with van der Waals surface area (Å²) in [6.45, 7) is 5.16. The molecule has 16 heavy (non-hydrogen) atoms. The van der Waals surface area contributed by atoms with Gasteiger partial charge in [0.15, 0.2) is 0 Å². The maximum Gasteiger partial charge on any atom is 0.0369 e. The summed E-state index contributed by atoms with van der Waals surface area (Å²) < 4.78 is 0. The van der Waals surface area contributed by atoms with Gasteiger partial charge >= 0.3 is 0 Å². The van der Waals surface area contributed by atoms with Gasteiger partial charge in [-0.2, -0.15) is 0 Å². The van der Waals surface area contributed by atoms with Crippen LogP contribution in [0.4, 0.5) is 5.69 Å². The quantitative estimate of drug-likeness (QED) is 0.823. The predicted molar refractivity (Wildman–Crippen MR) is 69.6 cm³/mol. The molecule has 1 aliphatic carbocycles. The normalized spacial score (nSPS) is 15.9. The van der Waals surface area contributed by atoms with Gasteiger partial charge in [-0.25, -0.2) is 0 Å². The standard InChI is InChI=1S/C14H22N2/c1-2-16(11-12-5-3-6-12)14-8-4-7-13(9-14)10-15/h4,7-9,12H,2-3,5-6,10-11,15H2,1H3. The molecular formula is C14H22N2. The lowest BCUT2D eigenvalue weighted by Gasteiger charge is -2.33. The van der Waals surface area contributed by atoms with Gasteiger partial charge in [0.05, 0.1) is 0 Å². The summed E-state index contributed by atoms with van der Waals surface area (Å²) in [5.41, 5.74) is 8.24. The predicted octanol–water partition coefficient (Wildman–Crippen LogP) is 2.77. The zero-order valence-corrected chi connectivity index (χ0v) is 10.2. The summed E-state index contributed by atoms with van der Waals surface area (Å²) in [6, 6.07) is 8.63. The van der Waals surface area contributed by atoms with E-state index in [-0.39, 0.29) is 0 Å². The van der Waals surface area contributed by atoms with Gasteiger partial charge in [0, 0.05) is 25.3 Å². The molecular weight excluding hydrogens is 196 g/mol. The lowest BCUT2D eigenvalue weighted by molar-refractivity contribution is 0.318. The summed E-state index contributed by atoms with van der Waals surface area (Å²) in [7, 11) is 0. The van der Waals surface area contributed by atoms with E-state index in [4.69, 9.17) is 5.73 Å². The fourth-order valence-corrected chi connectivity index (χ4v) is 2.28. The molecule has 1 aliphatic rings. The summed E-state index contributed by atoms with van der Waals surface area (Å²) in [5, 5.41) is 0. The van der Waals surface area contributed by atoms with Gasteiger partial charge in [0.1, 0.15) is 0 Å². The van der Waals surface area contributed by atoms with Crippen molar-refractivity contribution < 1.29 is 0 Å². The smallest absolute Gasteiger partial charge is 0.0369 e. The van der Waals surface area contributed by atoms with Crippen molar-refractivity contribution >= 4 is 5.69 Å². The monoisotopic (exact) mass is 218 g/mol. The van der Waals surface area contributed by atoms with E-state index < -0.39 is 0 Å². The van der Waals surface area contributed by atoms with Gasteiger partial charge in [-0.3, -0.25) is 0 Å². The van der Waals surface area contributed by atoms with E-state index in [1.54, 1.807) is 0 Å². The van der Waals surface area contributed by atoms with Crippen molar-refractivity contribution in [2.45, 2.75) is 32.7 Å². The first-order valence-electron chi connectivity index (χ1n) is 6.37. The number of nitrogens with two attached hydrogens (primary N) is 1. The van der Waals surface area contributed by atoms with Crippen LogP contribution in [0.2, 0.25) is 0 Å². The summed E-state index contributed by atoms with van der Waals surface area (Å²) >= 11 is 0. The molecule has 2 rings (SSSR count). The van der Waals surface area contributed by atoms with Gasteiger partial charge in [-0.1, -0.05) is 18.6 Å². The van der Waals surface area contributed by atoms with Gasteiger partial charge in [0.2, 0.25) is 0 Å². The largest absolute Gasteiger partial charge is 0.372 e. The maximum absolute atomic E-state index is 5.68. The highest BCUT2D eigenvalue weighted by atomic mass is 15.1. The van der Waals surface area contributed by atoms with Crippen LogP contribution in [0, 0.1) is 5.92 Å². The summed E-state index contributed by atoms with van der Waals surface area (Å²) in [5.74, 6) is 0.918. The zero-order valence-electron chi connectivity index (χ0n) is 10.2. The van der Waals surface area contributed by atoms with E-state index in [0.29, 0.717) is 6.54 Å². The minimum Gasteiger partial charge on any atom is -0.372 e. The number of benzene rings is 1. The highest BCUT2D eigenvalue weighted by molar-refractivity contribution is 5.48.